The molecule has 0 aromatic carbocycles. The molecule has 1 N–H and O–H groups in total. The second-order valence-electron chi connectivity index (χ2n) is 6.64. The Labute approximate surface area is 118 Å². The van der Waals surface area contributed by atoms with Crippen LogP contribution in [0, 0.1) is 17.8 Å². The molecule has 0 spiro atoms. The maximum absolute atomic E-state index is 10.2. The highest BCUT2D eigenvalue weighted by Crippen LogP contribution is 2.32. The van der Waals surface area contributed by atoms with Gasteiger partial charge in [-0.05, 0) is 56.4 Å². The van der Waals surface area contributed by atoms with Crippen LogP contribution in [-0.2, 0) is 4.74 Å². The van der Waals surface area contributed by atoms with Crippen LogP contribution in [0.2, 0.25) is 0 Å². The van der Waals surface area contributed by atoms with Gasteiger partial charge in [-0.3, -0.25) is 0 Å². The average Bonchev–Trinajstić information content (AvgIpc) is 2.42. The van der Waals surface area contributed by atoms with Crippen LogP contribution in [0.4, 0.5) is 0 Å². The number of methoxy groups -OCH3 is 1. The Hall–Kier alpha value is -0.120. The highest BCUT2D eigenvalue weighted by Gasteiger charge is 2.31. The fourth-order valence-electron chi connectivity index (χ4n) is 3.93. The fraction of sp³-hybridized carbons (Fsp3) is 1.00. The molecule has 112 valence electrons. The van der Waals surface area contributed by atoms with E-state index in [2.05, 4.69) is 11.8 Å². The molecule has 0 aromatic heterocycles. The zero-order chi connectivity index (χ0) is 13.7. The van der Waals surface area contributed by atoms with Crippen molar-refractivity contribution in [3.05, 3.63) is 0 Å². The van der Waals surface area contributed by atoms with Crippen molar-refractivity contribution in [2.24, 2.45) is 17.8 Å². The van der Waals surface area contributed by atoms with E-state index >= 15 is 0 Å². The monoisotopic (exact) mass is 269 g/mol. The van der Waals surface area contributed by atoms with E-state index in [0.29, 0.717) is 11.8 Å². The summed E-state index contributed by atoms with van der Waals surface area (Å²) in [5.74, 6) is 2.04. The predicted octanol–water partition coefficient (Wildman–Crippen LogP) is 2.53. The molecule has 2 rings (SSSR count). The van der Waals surface area contributed by atoms with Crippen molar-refractivity contribution in [2.75, 3.05) is 33.4 Å². The number of rotatable bonds is 5. The summed E-state index contributed by atoms with van der Waals surface area (Å²) in [5, 5.41) is 10.2. The Bertz CT molecular complexity index is 257. The molecule has 0 amide bonds. The lowest BCUT2D eigenvalue weighted by molar-refractivity contribution is 0.0123. The summed E-state index contributed by atoms with van der Waals surface area (Å²) in [6.45, 7) is 6.64. The van der Waals surface area contributed by atoms with Crippen molar-refractivity contribution >= 4 is 0 Å². The van der Waals surface area contributed by atoms with E-state index in [4.69, 9.17) is 4.74 Å². The quantitative estimate of drug-likeness (QED) is 0.832. The fourth-order valence-corrected chi connectivity index (χ4v) is 3.93. The average molecular weight is 269 g/mol. The summed E-state index contributed by atoms with van der Waals surface area (Å²) in [6.07, 6.45) is 7.26. The van der Waals surface area contributed by atoms with Gasteiger partial charge in [0.25, 0.3) is 0 Å². The van der Waals surface area contributed by atoms with Crippen LogP contribution in [0.1, 0.15) is 45.4 Å². The third-order valence-electron chi connectivity index (χ3n) is 5.13. The molecule has 1 aliphatic carbocycles. The van der Waals surface area contributed by atoms with Crippen molar-refractivity contribution in [3.63, 3.8) is 0 Å². The van der Waals surface area contributed by atoms with Gasteiger partial charge in [0, 0.05) is 20.2 Å². The molecule has 3 nitrogen and oxygen atoms in total. The maximum atomic E-state index is 10.2. The van der Waals surface area contributed by atoms with Crippen LogP contribution < -0.4 is 0 Å². The van der Waals surface area contributed by atoms with E-state index in [1.807, 2.05) is 0 Å². The van der Waals surface area contributed by atoms with Crippen LogP contribution in [0.3, 0.4) is 0 Å². The van der Waals surface area contributed by atoms with E-state index in [1.54, 1.807) is 7.11 Å². The molecule has 2 aliphatic rings. The summed E-state index contributed by atoms with van der Waals surface area (Å²) in [7, 11) is 1.80. The predicted molar refractivity (Wildman–Crippen MR) is 78.2 cm³/mol. The van der Waals surface area contributed by atoms with Gasteiger partial charge in [0.2, 0.25) is 0 Å². The van der Waals surface area contributed by atoms with Crippen molar-refractivity contribution in [2.45, 2.75) is 51.6 Å². The molecule has 1 saturated heterocycles. The van der Waals surface area contributed by atoms with Crippen LogP contribution in [-0.4, -0.2) is 49.5 Å². The molecule has 1 saturated carbocycles. The van der Waals surface area contributed by atoms with Gasteiger partial charge in [-0.15, -0.1) is 0 Å². The molecule has 4 atom stereocenters. The van der Waals surface area contributed by atoms with Crippen molar-refractivity contribution in [3.8, 4) is 0 Å². The first-order valence-corrected chi connectivity index (χ1v) is 8.12. The third-order valence-corrected chi connectivity index (χ3v) is 5.13. The van der Waals surface area contributed by atoms with Crippen molar-refractivity contribution in [1.82, 2.24) is 4.90 Å². The number of aliphatic hydroxyl groups excluding tert-OH is 1. The standard InChI is InChI=1S/C16H31NO2/c1-3-13-6-7-16(18)15(9-13)11-17-8-4-5-14(10-17)12-19-2/h13-16,18H,3-12H2,1-2H3. The zero-order valence-corrected chi connectivity index (χ0v) is 12.7. The largest absolute Gasteiger partial charge is 0.393 e. The number of likely N-dealkylation sites (tertiary alicyclic amines) is 1. The molecule has 3 heteroatoms. The van der Waals surface area contributed by atoms with Crippen LogP contribution in [0.15, 0.2) is 0 Å². The lowest BCUT2D eigenvalue weighted by Gasteiger charge is -2.39. The number of hydrogen-bond acceptors (Lipinski definition) is 3. The van der Waals surface area contributed by atoms with Gasteiger partial charge in [0.05, 0.1) is 12.7 Å². The number of nitrogens with zero attached hydrogens (tertiary/aromatic N) is 1. The molecular formula is C16H31NO2. The normalized spacial score (nSPS) is 37.4. The highest BCUT2D eigenvalue weighted by molar-refractivity contribution is 4.83. The minimum Gasteiger partial charge on any atom is -0.393 e. The second-order valence-corrected chi connectivity index (χ2v) is 6.64. The van der Waals surface area contributed by atoms with Gasteiger partial charge in [0.1, 0.15) is 0 Å². The van der Waals surface area contributed by atoms with E-state index < -0.39 is 0 Å². The molecule has 4 unspecified atom stereocenters. The first kappa shape index (κ1) is 15.3. The van der Waals surface area contributed by atoms with Gasteiger partial charge < -0.3 is 14.7 Å². The number of ether oxygens (including phenoxy) is 1. The molecule has 0 bridgehead atoms. The lowest BCUT2D eigenvalue weighted by Crippen LogP contribution is -2.44. The molecule has 0 radical (unpaired) electrons. The summed E-state index contributed by atoms with van der Waals surface area (Å²) in [4.78, 5) is 2.57. The van der Waals surface area contributed by atoms with E-state index in [-0.39, 0.29) is 6.10 Å². The minimum absolute atomic E-state index is 0.0643. The van der Waals surface area contributed by atoms with Gasteiger partial charge in [-0.2, -0.15) is 0 Å². The summed E-state index contributed by atoms with van der Waals surface area (Å²) in [5.41, 5.74) is 0. The molecule has 2 fully saturated rings. The minimum atomic E-state index is -0.0643. The molecule has 1 heterocycles. The molecule has 1 aliphatic heterocycles. The maximum Gasteiger partial charge on any atom is 0.0580 e. The first-order valence-electron chi connectivity index (χ1n) is 8.12. The Morgan fingerprint density at radius 2 is 2.05 bits per heavy atom. The van der Waals surface area contributed by atoms with Gasteiger partial charge in [-0.25, -0.2) is 0 Å². The van der Waals surface area contributed by atoms with Gasteiger partial charge >= 0.3 is 0 Å². The van der Waals surface area contributed by atoms with E-state index in [1.165, 1.54) is 38.6 Å². The summed E-state index contributed by atoms with van der Waals surface area (Å²) in [6, 6.07) is 0. The van der Waals surface area contributed by atoms with E-state index in [0.717, 1.165) is 32.0 Å². The third kappa shape index (κ3) is 4.44. The lowest BCUT2D eigenvalue weighted by atomic mass is 9.78. The van der Waals surface area contributed by atoms with Crippen LogP contribution >= 0.6 is 0 Å². The number of piperidine rings is 1. The number of aliphatic hydroxyl groups is 1. The molecular weight excluding hydrogens is 238 g/mol. The second kappa shape index (κ2) is 7.61. The first-order chi connectivity index (χ1) is 9.22. The molecule has 19 heavy (non-hydrogen) atoms. The van der Waals surface area contributed by atoms with Crippen LogP contribution in [0.25, 0.3) is 0 Å². The highest BCUT2D eigenvalue weighted by atomic mass is 16.5. The Kier molecular flexibility index (Phi) is 6.11. The Morgan fingerprint density at radius 1 is 1.21 bits per heavy atom. The van der Waals surface area contributed by atoms with Crippen molar-refractivity contribution < 1.29 is 9.84 Å². The van der Waals surface area contributed by atoms with Crippen molar-refractivity contribution in [1.29, 1.82) is 0 Å². The molecule has 0 aromatic rings. The van der Waals surface area contributed by atoms with Gasteiger partial charge in [-0.1, -0.05) is 13.3 Å². The van der Waals surface area contributed by atoms with E-state index in [9.17, 15) is 5.11 Å². The number of hydrogen-bond donors (Lipinski definition) is 1. The summed E-state index contributed by atoms with van der Waals surface area (Å²) < 4.78 is 5.30. The summed E-state index contributed by atoms with van der Waals surface area (Å²) >= 11 is 0. The SMILES string of the molecule is CCC1CCC(O)C(CN2CCCC(COC)C2)C1. The van der Waals surface area contributed by atoms with Gasteiger partial charge in [0.15, 0.2) is 0 Å². The Balaban J connectivity index is 1.81. The zero-order valence-electron chi connectivity index (χ0n) is 12.7. The Morgan fingerprint density at radius 3 is 2.79 bits per heavy atom. The van der Waals surface area contributed by atoms with Crippen LogP contribution in [0.5, 0.6) is 0 Å². The smallest absolute Gasteiger partial charge is 0.0580 e. The topological polar surface area (TPSA) is 32.7 Å².